The fourth-order valence-corrected chi connectivity index (χ4v) is 2.93. The lowest BCUT2D eigenvalue weighted by atomic mass is 10.0. The molecule has 124 valence electrons. The minimum Gasteiger partial charge on any atom is -0.278 e. The van der Waals surface area contributed by atoms with Gasteiger partial charge in [0, 0.05) is 10.9 Å². The van der Waals surface area contributed by atoms with Crippen LogP contribution in [0.5, 0.6) is 0 Å². The van der Waals surface area contributed by atoms with Crippen molar-refractivity contribution in [2.24, 2.45) is 5.10 Å². The highest BCUT2D eigenvalue weighted by Gasteiger charge is 2.05. The summed E-state index contributed by atoms with van der Waals surface area (Å²) in [5.74, 6) is 0. The van der Waals surface area contributed by atoms with Crippen LogP contribution in [0.25, 0.3) is 5.57 Å². The topological polar surface area (TPSA) is 24.4 Å². The fourth-order valence-electron chi connectivity index (χ4n) is 2.44. The van der Waals surface area contributed by atoms with E-state index in [9.17, 15) is 0 Å². The Morgan fingerprint density at radius 1 is 0.760 bits per heavy atom. The van der Waals surface area contributed by atoms with Crippen LogP contribution in [0.15, 0.2) is 102 Å². The Labute approximate surface area is 157 Å². The number of nitrogens with one attached hydrogen (secondary N) is 1. The van der Waals surface area contributed by atoms with Crippen molar-refractivity contribution in [2.75, 3.05) is 10.8 Å². The highest BCUT2D eigenvalue weighted by molar-refractivity contribution is 9.09. The molecule has 0 saturated heterocycles. The highest BCUT2D eigenvalue weighted by atomic mass is 79.9. The first kappa shape index (κ1) is 17.2. The third-order valence-electron chi connectivity index (χ3n) is 3.75. The Kier molecular flexibility index (Phi) is 6.18. The van der Waals surface area contributed by atoms with Crippen LogP contribution < -0.4 is 5.43 Å². The summed E-state index contributed by atoms with van der Waals surface area (Å²) in [5, 5.41) is 5.41. The molecule has 3 rings (SSSR count). The molecule has 0 aliphatic carbocycles. The molecule has 0 aliphatic rings. The van der Waals surface area contributed by atoms with Gasteiger partial charge in [-0.15, -0.1) is 0 Å². The summed E-state index contributed by atoms with van der Waals surface area (Å²) < 4.78 is 0. The van der Waals surface area contributed by atoms with Gasteiger partial charge in [0.2, 0.25) is 0 Å². The van der Waals surface area contributed by atoms with Crippen molar-refractivity contribution in [1.29, 1.82) is 0 Å². The van der Waals surface area contributed by atoms with Crippen LogP contribution >= 0.6 is 15.9 Å². The van der Waals surface area contributed by atoms with Crippen molar-refractivity contribution in [1.82, 2.24) is 0 Å². The number of hydrazone groups is 1. The third kappa shape index (κ3) is 4.91. The lowest BCUT2D eigenvalue weighted by Gasteiger charge is -2.08. The maximum atomic E-state index is 4.65. The first-order chi connectivity index (χ1) is 12.4. The summed E-state index contributed by atoms with van der Waals surface area (Å²) in [4.78, 5) is 0. The van der Waals surface area contributed by atoms with Gasteiger partial charge < -0.3 is 0 Å². The van der Waals surface area contributed by atoms with Crippen LogP contribution in [-0.2, 0) is 0 Å². The van der Waals surface area contributed by atoms with Crippen molar-refractivity contribution < 1.29 is 0 Å². The predicted molar refractivity (Wildman–Crippen MR) is 111 cm³/mol. The number of allylic oxidation sites excluding steroid dienone is 2. The number of rotatable bonds is 6. The molecule has 25 heavy (non-hydrogen) atoms. The lowest BCUT2D eigenvalue weighted by molar-refractivity contribution is 1.33. The van der Waals surface area contributed by atoms with Crippen LogP contribution in [0, 0.1) is 0 Å². The van der Waals surface area contributed by atoms with Crippen molar-refractivity contribution in [3.8, 4) is 0 Å². The smallest absolute Gasteiger partial charge is 0.0909 e. The zero-order valence-electron chi connectivity index (χ0n) is 13.8. The van der Waals surface area contributed by atoms with E-state index in [0.717, 1.165) is 22.3 Å². The minimum absolute atomic E-state index is 0.758. The molecule has 0 spiro atoms. The number of para-hydroxylation sites is 1. The molecule has 0 aromatic heterocycles. The summed E-state index contributed by atoms with van der Waals surface area (Å²) in [7, 11) is 0. The van der Waals surface area contributed by atoms with Gasteiger partial charge in [0.25, 0.3) is 0 Å². The van der Waals surface area contributed by atoms with Gasteiger partial charge in [-0.3, -0.25) is 5.43 Å². The van der Waals surface area contributed by atoms with Crippen LogP contribution in [0.3, 0.4) is 0 Å². The quantitative estimate of drug-likeness (QED) is 0.312. The fraction of sp³-hybridized carbons (Fsp3) is 0.0455. The summed E-state index contributed by atoms with van der Waals surface area (Å²) >= 11 is 3.61. The average Bonchev–Trinajstić information content (AvgIpc) is 2.70. The van der Waals surface area contributed by atoms with E-state index in [0.29, 0.717) is 0 Å². The number of nitrogens with zero attached hydrogens (tertiary/aromatic N) is 1. The molecule has 0 amide bonds. The van der Waals surface area contributed by atoms with E-state index >= 15 is 0 Å². The number of anilines is 1. The number of alkyl halides is 1. The Hall–Kier alpha value is -2.65. The molecule has 0 unspecified atom stereocenters. The van der Waals surface area contributed by atoms with E-state index in [4.69, 9.17) is 0 Å². The molecule has 0 saturated carbocycles. The van der Waals surface area contributed by atoms with Crippen molar-refractivity contribution >= 4 is 32.9 Å². The van der Waals surface area contributed by atoms with E-state index in [1.165, 1.54) is 11.1 Å². The average molecular weight is 391 g/mol. The Bertz CT molecular complexity index is 841. The van der Waals surface area contributed by atoms with Gasteiger partial charge in [-0.25, -0.2) is 0 Å². The Balaban J connectivity index is 1.97. The van der Waals surface area contributed by atoms with E-state index in [-0.39, 0.29) is 0 Å². The first-order valence-corrected chi connectivity index (χ1v) is 9.25. The molecule has 0 atom stereocenters. The molecule has 3 aromatic carbocycles. The SMILES string of the molecule is BrC/C(=C/C(=N\Nc1ccccc1)c1ccccc1)c1ccccc1. The molecular formula is C22H19BrN2. The van der Waals surface area contributed by atoms with Gasteiger partial charge in [-0.1, -0.05) is 94.8 Å². The molecule has 3 aromatic rings. The molecule has 1 N–H and O–H groups in total. The molecule has 2 nitrogen and oxygen atoms in total. The lowest BCUT2D eigenvalue weighted by Crippen LogP contribution is -2.03. The van der Waals surface area contributed by atoms with E-state index < -0.39 is 0 Å². The second-order valence-electron chi connectivity index (χ2n) is 5.51. The van der Waals surface area contributed by atoms with Gasteiger partial charge in [-0.05, 0) is 29.3 Å². The Morgan fingerprint density at radius 3 is 1.84 bits per heavy atom. The monoisotopic (exact) mass is 390 g/mol. The molecule has 0 bridgehead atoms. The summed E-state index contributed by atoms with van der Waals surface area (Å²) in [6.45, 7) is 0. The van der Waals surface area contributed by atoms with Gasteiger partial charge in [0.1, 0.15) is 0 Å². The predicted octanol–water partition coefficient (Wildman–Crippen LogP) is 5.98. The van der Waals surface area contributed by atoms with Gasteiger partial charge >= 0.3 is 0 Å². The zero-order valence-corrected chi connectivity index (χ0v) is 15.4. The van der Waals surface area contributed by atoms with Gasteiger partial charge in [0.05, 0.1) is 11.4 Å². The highest BCUT2D eigenvalue weighted by Crippen LogP contribution is 2.18. The number of halogens is 1. The molecule has 3 heteroatoms. The second-order valence-corrected chi connectivity index (χ2v) is 6.07. The number of hydrogen-bond acceptors (Lipinski definition) is 2. The van der Waals surface area contributed by atoms with Crippen LogP contribution in [0.2, 0.25) is 0 Å². The van der Waals surface area contributed by atoms with Gasteiger partial charge in [0.15, 0.2) is 0 Å². The van der Waals surface area contributed by atoms with E-state index in [1.54, 1.807) is 0 Å². The zero-order chi connectivity index (χ0) is 17.3. The largest absolute Gasteiger partial charge is 0.278 e. The number of benzene rings is 3. The second kappa shape index (κ2) is 9.00. The Morgan fingerprint density at radius 2 is 1.28 bits per heavy atom. The minimum atomic E-state index is 0.758. The van der Waals surface area contributed by atoms with Crippen molar-refractivity contribution in [3.63, 3.8) is 0 Å². The van der Waals surface area contributed by atoms with Crippen molar-refractivity contribution in [2.45, 2.75) is 0 Å². The molecule has 0 aliphatic heterocycles. The standard InChI is InChI=1S/C22H19BrN2/c23-17-20(18-10-4-1-5-11-18)16-22(19-12-6-2-7-13-19)25-24-21-14-8-3-9-15-21/h1-16,24H,17H2/b20-16-,25-22+. The summed E-state index contributed by atoms with van der Waals surface area (Å²) in [6.07, 6.45) is 2.12. The van der Waals surface area contributed by atoms with E-state index in [1.807, 2.05) is 66.7 Å². The van der Waals surface area contributed by atoms with Crippen molar-refractivity contribution in [3.05, 3.63) is 108 Å². The van der Waals surface area contributed by atoms with Crippen LogP contribution in [0.4, 0.5) is 5.69 Å². The maximum absolute atomic E-state index is 4.65. The molecular weight excluding hydrogens is 372 g/mol. The maximum Gasteiger partial charge on any atom is 0.0909 e. The molecule has 0 radical (unpaired) electrons. The number of hydrogen-bond donors (Lipinski definition) is 1. The van der Waals surface area contributed by atoms with Crippen LogP contribution in [-0.4, -0.2) is 11.0 Å². The molecule has 0 heterocycles. The summed E-state index contributed by atoms with van der Waals surface area (Å²) in [6, 6.07) is 30.5. The normalized spacial score (nSPS) is 12.0. The van der Waals surface area contributed by atoms with Gasteiger partial charge in [-0.2, -0.15) is 5.10 Å². The first-order valence-electron chi connectivity index (χ1n) is 8.13. The summed E-state index contributed by atoms with van der Waals surface area (Å²) in [5.41, 5.74) is 8.44. The van der Waals surface area contributed by atoms with E-state index in [2.05, 4.69) is 56.8 Å². The third-order valence-corrected chi connectivity index (χ3v) is 4.35. The van der Waals surface area contributed by atoms with Crippen LogP contribution in [0.1, 0.15) is 11.1 Å². The molecule has 0 fully saturated rings.